The first kappa shape index (κ1) is 16.3. The maximum atomic E-state index is 6.28. The highest BCUT2D eigenvalue weighted by atomic mass is 35.5. The highest BCUT2D eigenvalue weighted by Gasteiger charge is 2.14. The Morgan fingerprint density at radius 3 is 2.67 bits per heavy atom. The van der Waals surface area contributed by atoms with Gasteiger partial charge in [-0.2, -0.15) is 0 Å². The second-order valence-corrected chi connectivity index (χ2v) is 6.68. The second kappa shape index (κ2) is 7.28. The van der Waals surface area contributed by atoms with Crippen LogP contribution in [0.15, 0.2) is 18.2 Å². The molecule has 0 radical (unpaired) electrons. The van der Waals surface area contributed by atoms with Gasteiger partial charge >= 0.3 is 0 Å². The number of ether oxygens (including phenoxy) is 1. The van der Waals surface area contributed by atoms with Gasteiger partial charge in [0.25, 0.3) is 0 Å². The van der Waals surface area contributed by atoms with Gasteiger partial charge in [-0.05, 0) is 43.9 Å². The van der Waals surface area contributed by atoms with E-state index in [9.17, 15) is 0 Å². The molecule has 1 atom stereocenters. The van der Waals surface area contributed by atoms with Crippen LogP contribution in [-0.2, 0) is 11.3 Å². The zero-order valence-electron chi connectivity index (χ0n) is 13.4. The number of benzene rings is 1. The third kappa shape index (κ3) is 4.21. The largest absolute Gasteiger partial charge is 0.380 e. The van der Waals surface area contributed by atoms with Gasteiger partial charge in [-0.1, -0.05) is 19.9 Å². The Morgan fingerprint density at radius 1 is 1.24 bits per heavy atom. The van der Waals surface area contributed by atoms with Gasteiger partial charge in [0.1, 0.15) is 5.82 Å². The maximum Gasteiger partial charge on any atom is 0.127 e. The van der Waals surface area contributed by atoms with Crippen molar-refractivity contribution in [3.05, 3.63) is 29.6 Å². The normalized spacial score (nSPS) is 13.2. The summed E-state index contributed by atoms with van der Waals surface area (Å²) in [6, 6.07) is 6.34. The minimum atomic E-state index is -0.103. The van der Waals surface area contributed by atoms with E-state index in [1.165, 1.54) is 5.56 Å². The smallest absolute Gasteiger partial charge is 0.127 e. The van der Waals surface area contributed by atoms with Crippen molar-refractivity contribution in [2.24, 2.45) is 5.92 Å². The van der Waals surface area contributed by atoms with Crippen molar-refractivity contribution in [2.75, 3.05) is 13.2 Å². The highest BCUT2D eigenvalue weighted by molar-refractivity contribution is 6.20. The summed E-state index contributed by atoms with van der Waals surface area (Å²) >= 11 is 6.28. The van der Waals surface area contributed by atoms with Crippen LogP contribution in [0.2, 0.25) is 0 Å². The summed E-state index contributed by atoms with van der Waals surface area (Å²) in [5.41, 5.74) is 3.37. The van der Waals surface area contributed by atoms with Gasteiger partial charge in [0.2, 0.25) is 0 Å². The Bertz CT molecular complexity index is 590. The standard InChI is InChI=1S/C17H25ClN2O/c1-12(2)7-9-21-10-8-20-16-6-5-13(3)11-15(16)19-17(20)14(4)18/h5-6,11-12,14H,7-10H2,1-4H3. The predicted octanol–water partition coefficient (Wildman–Crippen LogP) is 4.71. The zero-order chi connectivity index (χ0) is 15.4. The van der Waals surface area contributed by atoms with Gasteiger partial charge in [0.15, 0.2) is 0 Å². The highest BCUT2D eigenvalue weighted by Crippen LogP contribution is 2.25. The van der Waals surface area contributed by atoms with Crippen molar-refractivity contribution in [2.45, 2.75) is 46.0 Å². The number of hydrogen-bond acceptors (Lipinski definition) is 2. The van der Waals surface area contributed by atoms with E-state index in [2.05, 4.69) is 48.5 Å². The van der Waals surface area contributed by atoms with Gasteiger partial charge in [0, 0.05) is 13.2 Å². The number of alkyl halides is 1. The van der Waals surface area contributed by atoms with E-state index in [0.717, 1.165) is 36.4 Å². The Kier molecular flexibility index (Phi) is 5.65. The molecule has 3 nitrogen and oxygen atoms in total. The van der Waals surface area contributed by atoms with Crippen molar-refractivity contribution in [3.63, 3.8) is 0 Å². The molecule has 1 unspecified atom stereocenters. The van der Waals surface area contributed by atoms with Gasteiger partial charge in [-0.25, -0.2) is 4.98 Å². The average molecular weight is 309 g/mol. The summed E-state index contributed by atoms with van der Waals surface area (Å²) in [4.78, 5) is 4.68. The molecule has 4 heteroatoms. The van der Waals surface area contributed by atoms with Crippen LogP contribution in [0.25, 0.3) is 11.0 Å². The molecule has 0 bridgehead atoms. The summed E-state index contributed by atoms with van der Waals surface area (Å²) < 4.78 is 7.92. The molecule has 1 heterocycles. The average Bonchev–Trinajstić information content (AvgIpc) is 2.76. The van der Waals surface area contributed by atoms with E-state index in [0.29, 0.717) is 12.5 Å². The summed E-state index contributed by atoms with van der Waals surface area (Å²) in [6.45, 7) is 10.8. The van der Waals surface area contributed by atoms with Crippen LogP contribution in [0.3, 0.4) is 0 Å². The number of aromatic nitrogens is 2. The van der Waals surface area contributed by atoms with Crippen LogP contribution in [0.5, 0.6) is 0 Å². The molecule has 0 saturated heterocycles. The number of aryl methyl sites for hydroxylation is 1. The summed E-state index contributed by atoms with van der Waals surface area (Å²) in [6.07, 6.45) is 1.10. The summed E-state index contributed by atoms with van der Waals surface area (Å²) in [7, 11) is 0. The first-order valence-corrected chi connectivity index (χ1v) is 8.11. The van der Waals surface area contributed by atoms with Crippen LogP contribution in [0.4, 0.5) is 0 Å². The molecule has 2 rings (SSSR count). The van der Waals surface area contributed by atoms with E-state index in [1.54, 1.807) is 0 Å². The fraction of sp³-hybridized carbons (Fsp3) is 0.588. The Hall–Kier alpha value is -1.06. The third-order valence-corrected chi connectivity index (χ3v) is 3.78. The molecule has 0 amide bonds. The van der Waals surface area contributed by atoms with Gasteiger partial charge < -0.3 is 9.30 Å². The van der Waals surface area contributed by atoms with Crippen molar-refractivity contribution < 1.29 is 4.74 Å². The van der Waals surface area contributed by atoms with E-state index in [1.807, 2.05) is 6.92 Å². The number of imidazole rings is 1. The van der Waals surface area contributed by atoms with Crippen molar-refractivity contribution in [1.82, 2.24) is 9.55 Å². The lowest BCUT2D eigenvalue weighted by Gasteiger charge is -2.11. The molecule has 116 valence electrons. The zero-order valence-corrected chi connectivity index (χ0v) is 14.2. The fourth-order valence-electron chi connectivity index (χ4n) is 2.37. The van der Waals surface area contributed by atoms with Crippen molar-refractivity contribution >= 4 is 22.6 Å². The van der Waals surface area contributed by atoms with Crippen LogP contribution >= 0.6 is 11.6 Å². The maximum absolute atomic E-state index is 6.28. The molecule has 2 aromatic rings. The lowest BCUT2D eigenvalue weighted by atomic mass is 10.1. The molecular formula is C17H25ClN2O. The molecule has 21 heavy (non-hydrogen) atoms. The van der Waals surface area contributed by atoms with Crippen molar-refractivity contribution in [1.29, 1.82) is 0 Å². The summed E-state index contributed by atoms with van der Waals surface area (Å²) in [5, 5.41) is -0.103. The predicted molar refractivity (Wildman–Crippen MR) is 89.0 cm³/mol. The molecule has 0 N–H and O–H groups in total. The molecular weight excluding hydrogens is 284 g/mol. The first-order chi connectivity index (χ1) is 9.99. The Balaban J connectivity index is 2.11. The van der Waals surface area contributed by atoms with Gasteiger partial charge in [0.05, 0.1) is 23.0 Å². The molecule has 0 spiro atoms. The molecule has 0 aliphatic rings. The third-order valence-electron chi connectivity index (χ3n) is 3.59. The first-order valence-electron chi connectivity index (χ1n) is 7.67. The van der Waals surface area contributed by atoms with E-state index in [4.69, 9.17) is 16.3 Å². The van der Waals surface area contributed by atoms with E-state index in [-0.39, 0.29) is 5.38 Å². The monoisotopic (exact) mass is 308 g/mol. The quantitative estimate of drug-likeness (QED) is 0.547. The summed E-state index contributed by atoms with van der Waals surface area (Å²) in [5.74, 6) is 1.60. The lowest BCUT2D eigenvalue weighted by Crippen LogP contribution is -2.11. The number of nitrogens with zero attached hydrogens (tertiary/aromatic N) is 2. The molecule has 0 saturated carbocycles. The Morgan fingerprint density at radius 2 is 2.00 bits per heavy atom. The van der Waals surface area contributed by atoms with Crippen LogP contribution < -0.4 is 0 Å². The van der Waals surface area contributed by atoms with Gasteiger partial charge in [-0.15, -0.1) is 11.6 Å². The van der Waals surface area contributed by atoms with Crippen LogP contribution in [0.1, 0.15) is 44.0 Å². The lowest BCUT2D eigenvalue weighted by molar-refractivity contribution is 0.116. The molecule has 1 aromatic carbocycles. The van der Waals surface area contributed by atoms with E-state index < -0.39 is 0 Å². The number of fused-ring (bicyclic) bond motifs is 1. The minimum Gasteiger partial charge on any atom is -0.380 e. The molecule has 1 aromatic heterocycles. The number of rotatable bonds is 7. The van der Waals surface area contributed by atoms with Crippen LogP contribution in [-0.4, -0.2) is 22.8 Å². The Labute approximate surface area is 132 Å². The molecule has 0 fully saturated rings. The minimum absolute atomic E-state index is 0.103. The SMILES string of the molecule is Cc1ccc2c(c1)nc(C(C)Cl)n2CCOCCC(C)C. The molecule has 0 aliphatic heterocycles. The number of hydrogen-bond donors (Lipinski definition) is 0. The van der Waals surface area contributed by atoms with E-state index >= 15 is 0 Å². The van der Waals surface area contributed by atoms with Crippen LogP contribution in [0, 0.1) is 12.8 Å². The second-order valence-electron chi connectivity index (χ2n) is 6.02. The topological polar surface area (TPSA) is 27.1 Å². The van der Waals surface area contributed by atoms with Gasteiger partial charge in [-0.3, -0.25) is 0 Å². The van der Waals surface area contributed by atoms with Crippen molar-refractivity contribution in [3.8, 4) is 0 Å². The molecule has 0 aliphatic carbocycles. The number of halogens is 1. The fourth-order valence-corrected chi connectivity index (χ4v) is 2.54.